The summed E-state index contributed by atoms with van der Waals surface area (Å²) in [5, 5.41) is 3.47. The molecule has 20 heavy (non-hydrogen) atoms. The molecule has 112 valence electrons. The number of nitrogens with one attached hydrogen (secondary N) is 1. The Morgan fingerprint density at radius 2 is 2.10 bits per heavy atom. The van der Waals surface area contributed by atoms with Gasteiger partial charge in [0, 0.05) is 10.5 Å². The number of ether oxygens (including phenoxy) is 1. The Morgan fingerprint density at radius 1 is 1.35 bits per heavy atom. The lowest BCUT2D eigenvalue weighted by molar-refractivity contribution is 0.394. The zero-order valence-electron chi connectivity index (χ0n) is 12.6. The first-order chi connectivity index (χ1) is 9.72. The molecular formula is C17H26BrNO. The predicted molar refractivity (Wildman–Crippen MR) is 88.4 cm³/mol. The molecule has 0 aliphatic heterocycles. The SMILES string of the molecule is CNC(CCC1CCCC1)Cc1cc(Br)ccc1OC. The highest BCUT2D eigenvalue weighted by molar-refractivity contribution is 9.10. The van der Waals surface area contributed by atoms with E-state index in [1.807, 2.05) is 12.1 Å². The van der Waals surface area contributed by atoms with Crippen LogP contribution in [0.3, 0.4) is 0 Å². The molecule has 0 heterocycles. The van der Waals surface area contributed by atoms with Crippen molar-refractivity contribution >= 4 is 15.9 Å². The fraction of sp³-hybridized carbons (Fsp3) is 0.647. The fourth-order valence-electron chi connectivity index (χ4n) is 3.26. The van der Waals surface area contributed by atoms with Gasteiger partial charge in [0.2, 0.25) is 0 Å². The Hall–Kier alpha value is -0.540. The summed E-state index contributed by atoms with van der Waals surface area (Å²) in [6.45, 7) is 0. The number of benzene rings is 1. The number of rotatable bonds is 7. The average Bonchev–Trinajstić information content (AvgIpc) is 2.97. The molecule has 1 saturated carbocycles. The van der Waals surface area contributed by atoms with Gasteiger partial charge in [-0.25, -0.2) is 0 Å². The second kappa shape index (κ2) is 8.04. The standard InChI is InChI=1S/C17H26BrNO/c1-19-16(9-7-13-5-3-4-6-13)12-14-11-15(18)8-10-17(14)20-2/h8,10-11,13,16,19H,3-7,9,12H2,1-2H3. The molecule has 0 amide bonds. The van der Waals surface area contributed by atoms with Crippen molar-refractivity contribution in [3.63, 3.8) is 0 Å². The minimum absolute atomic E-state index is 0.541. The van der Waals surface area contributed by atoms with Crippen LogP contribution in [0, 0.1) is 5.92 Å². The summed E-state index contributed by atoms with van der Waals surface area (Å²) in [4.78, 5) is 0. The number of likely N-dealkylation sites (N-methyl/N-ethyl adjacent to an activating group) is 1. The van der Waals surface area contributed by atoms with Crippen LogP contribution >= 0.6 is 15.9 Å². The van der Waals surface area contributed by atoms with Gasteiger partial charge in [0.25, 0.3) is 0 Å². The van der Waals surface area contributed by atoms with Gasteiger partial charge < -0.3 is 10.1 Å². The van der Waals surface area contributed by atoms with E-state index in [0.717, 1.165) is 22.6 Å². The fourth-order valence-corrected chi connectivity index (χ4v) is 3.67. The van der Waals surface area contributed by atoms with Crippen LogP contribution in [-0.2, 0) is 6.42 Å². The number of hydrogen-bond acceptors (Lipinski definition) is 2. The molecule has 1 aromatic carbocycles. The zero-order chi connectivity index (χ0) is 14.4. The Bertz CT molecular complexity index is 415. The third-order valence-corrected chi connectivity index (χ3v) is 5.01. The van der Waals surface area contributed by atoms with Gasteiger partial charge in [0.05, 0.1) is 7.11 Å². The van der Waals surface area contributed by atoms with Crippen LogP contribution in [0.15, 0.2) is 22.7 Å². The van der Waals surface area contributed by atoms with Crippen molar-refractivity contribution in [3.05, 3.63) is 28.2 Å². The maximum atomic E-state index is 5.48. The highest BCUT2D eigenvalue weighted by Gasteiger charge is 2.18. The van der Waals surface area contributed by atoms with Crippen LogP contribution in [0.4, 0.5) is 0 Å². The molecule has 1 aromatic rings. The Kier molecular flexibility index (Phi) is 6.37. The van der Waals surface area contributed by atoms with Crippen molar-refractivity contribution in [1.82, 2.24) is 5.32 Å². The summed E-state index contributed by atoms with van der Waals surface area (Å²) in [7, 11) is 3.82. The Morgan fingerprint density at radius 3 is 2.75 bits per heavy atom. The van der Waals surface area contributed by atoms with Crippen molar-refractivity contribution in [2.24, 2.45) is 5.92 Å². The van der Waals surface area contributed by atoms with E-state index in [1.54, 1.807) is 7.11 Å². The molecule has 0 radical (unpaired) electrons. The quantitative estimate of drug-likeness (QED) is 0.786. The topological polar surface area (TPSA) is 21.3 Å². The van der Waals surface area contributed by atoms with Crippen molar-refractivity contribution in [2.75, 3.05) is 14.2 Å². The summed E-state index contributed by atoms with van der Waals surface area (Å²) < 4.78 is 6.60. The van der Waals surface area contributed by atoms with Crippen molar-refractivity contribution in [1.29, 1.82) is 0 Å². The maximum absolute atomic E-state index is 5.48. The molecule has 2 rings (SSSR count). The highest BCUT2D eigenvalue weighted by Crippen LogP contribution is 2.30. The molecule has 3 heteroatoms. The summed E-state index contributed by atoms with van der Waals surface area (Å²) in [5.74, 6) is 1.96. The van der Waals surface area contributed by atoms with Crippen molar-refractivity contribution in [3.8, 4) is 5.75 Å². The molecule has 2 nitrogen and oxygen atoms in total. The van der Waals surface area contributed by atoms with Crippen molar-refractivity contribution in [2.45, 2.75) is 51.0 Å². The summed E-state index contributed by atoms with van der Waals surface area (Å²) >= 11 is 3.55. The summed E-state index contributed by atoms with van der Waals surface area (Å²) in [5.41, 5.74) is 1.28. The first kappa shape index (κ1) is 15.8. The van der Waals surface area contributed by atoms with Gasteiger partial charge in [-0.15, -0.1) is 0 Å². The van der Waals surface area contributed by atoms with Crippen LogP contribution in [0.2, 0.25) is 0 Å². The third kappa shape index (κ3) is 4.49. The second-order valence-corrected chi connectivity index (χ2v) is 6.79. The van der Waals surface area contributed by atoms with Crippen LogP contribution in [-0.4, -0.2) is 20.2 Å². The minimum atomic E-state index is 0.541. The van der Waals surface area contributed by atoms with Crippen LogP contribution in [0.1, 0.15) is 44.1 Å². The number of hydrogen-bond donors (Lipinski definition) is 1. The van der Waals surface area contributed by atoms with E-state index in [2.05, 4.69) is 34.4 Å². The van der Waals surface area contributed by atoms with E-state index in [9.17, 15) is 0 Å². The number of methoxy groups -OCH3 is 1. The second-order valence-electron chi connectivity index (χ2n) is 5.87. The van der Waals surface area contributed by atoms with Gasteiger partial charge in [-0.05, 0) is 56.0 Å². The van der Waals surface area contributed by atoms with Gasteiger partial charge in [-0.1, -0.05) is 41.6 Å². The largest absolute Gasteiger partial charge is 0.496 e. The van der Waals surface area contributed by atoms with Gasteiger partial charge in [0.15, 0.2) is 0 Å². The van der Waals surface area contributed by atoms with E-state index in [0.29, 0.717) is 6.04 Å². The first-order valence-corrected chi connectivity index (χ1v) is 8.52. The molecule has 1 fully saturated rings. The zero-order valence-corrected chi connectivity index (χ0v) is 14.2. The molecule has 0 saturated heterocycles. The van der Waals surface area contributed by atoms with E-state index >= 15 is 0 Å². The monoisotopic (exact) mass is 339 g/mol. The lowest BCUT2D eigenvalue weighted by Crippen LogP contribution is -2.28. The Labute approximate surface area is 131 Å². The van der Waals surface area contributed by atoms with E-state index < -0.39 is 0 Å². The molecule has 1 aliphatic carbocycles. The lowest BCUT2D eigenvalue weighted by Gasteiger charge is -2.20. The lowest BCUT2D eigenvalue weighted by atomic mass is 9.95. The molecule has 1 aliphatic rings. The summed E-state index contributed by atoms with van der Waals surface area (Å²) in [6.07, 6.45) is 9.42. The normalized spacial score (nSPS) is 17.4. The average molecular weight is 340 g/mol. The first-order valence-electron chi connectivity index (χ1n) is 7.72. The van der Waals surface area contributed by atoms with Crippen LogP contribution < -0.4 is 10.1 Å². The summed E-state index contributed by atoms with van der Waals surface area (Å²) in [6, 6.07) is 6.80. The predicted octanol–water partition coefficient (Wildman–Crippen LogP) is 4.56. The molecule has 0 spiro atoms. The molecule has 0 bridgehead atoms. The molecule has 1 atom stereocenters. The maximum Gasteiger partial charge on any atom is 0.122 e. The Balaban J connectivity index is 1.92. The van der Waals surface area contributed by atoms with Gasteiger partial charge >= 0.3 is 0 Å². The minimum Gasteiger partial charge on any atom is -0.496 e. The van der Waals surface area contributed by atoms with Crippen LogP contribution in [0.5, 0.6) is 5.75 Å². The van der Waals surface area contributed by atoms with Gasteiger partial charge in [0.1, 0.15) is 5.75 Å². The van der Waals surface area contributed by atoms with E-state index in [4.69, 9.17) is 4.74 Å². The van der Waals surface area contributed by atoms with Crippen molar-refractivity contribution < 1.29 is 4.74 Å². The van der Waals surface area contributed by atoms with Gasteiger partial charge in [-0.2, -0.15) is 0 Å². The van der Waals surface area contributed by atoms with Gasteiger partial charge in [-0.3, -0.25) is 0 Å². The van der Waals surface area contributed by atoms with E-state index in [1.165, 1.54) is 44.1 Å². The molecular weight excluding hydrogens is 314 g/mol. The number of halogens is 1. The van der Waals surface area contributed by atoms with E-state index in [-0.39, 0.29) is 0 Å². The highest BCUT2D eigenvalue weighted by atomic mass is 79.9. The van der Waals surface area contributed by atoms with Crippen LogP contribution in [0.25, 0.3) is 0 Å². The smallest absolute Gasteiger partial charge is 0.122 e. The molecule has 0 aromatic heterocycles. The third-order valence-electron chi connectivity index (χ3n) is 4.52. The molecule has 1 N–H and O–H groups in total. The molecule has 1 unspecified atom stereocenters.